The van der Waals surface area contributed by atoms with Crippen LogP contribution in [0.4, 0.5) is 13.2 Å². The zero-order valence-electron chi connectivity index (χ0n) is 16.9. The van der Waals surface area contributed by atoms with E-state index in [1.807, 2.05) is 17.5 Å². The van der Waals surface area contributed by atoms with Gasteiger partial charge in [0.1, 0.15) is 5.03 Å². The normalized spacial score (nSPS) is 27.8. The summed E-state index contributed by atoms with van der Waals surface area (Å²) in [6, 6.07) is 7.66. The summed E-state index contributed by atoms with van der Waals surface area (Å²) in [5.74, 6) is -1.13. The Morgan fingerprint density at radius 2 is 1.90 bits per heavy atom. The van der Waals surface area contributed by atoms with Gasteiger partial charge in [-0.2, -0.15) is 13.2 Å². The van der Waals surface area contributed by atoms with Gasteiger partial charge in [-0.25, -0.2) is 0 Å². The van der Waals surface area contributed by atoms with E-state index in [2.05, 4.69) is 6.07 Å². The number of alkyl halides is 3. The monoisotopic (exact) mass is 454 g/mol. The molecule has 160 valence electrons. The van der Waals surface area contributed by atoms with Gasteiger partial charge in [0.2, 0.25) is 0 Å². The number of fused-ring (bicyclic) bond motifs is 3. The number of carboxylic acid groups (broad SMARTS) is 1. The number of hydrogen-bond donors (Lipinski definition) is 1. The standard InChI is InChI=1S/C23H22ClF3O2S/c1-20(2)21(3,19(28)29)22(20,12-17(24)23(25,26)27)16-9-5-8-15-14(16)7-4-6-13-10-11-30-18(13)15/h5,8-12H,4,6-7H2,1-3H3,(H,28,29). The molecular weight excluding hydrogens is 433 g/mol. The number of aliphatic carboxylic acids is 1. The number of carboxylic acids is 1. The maximum atomic E-state index is 13.4. The summed E-state index contributed by atoms with van der Waals surface area (Å²) in [6.07, 6.45) is -1.36. The molecule has 1 aromatic heterocycles. The van der Waals surface area contributed by atoms with E-state index in [0.717, 1.165) is 34.9 Å². The van der Waals surface area contributed by atoms with Crippen LogP contribution in [0.1, 0.15) is 43.9 Å². The van der Waals surface area contributed by atoms with E-state index in [-0.39, 0.29) is 0 Å². The average Bonchev–Trinajstić information content (AvgIpc) is 2.92. The number of carbonyl (C=O) groups is 1. The quantitative estimate of drug-likeness (QED) is 0.544. The topological polar surface area (TPSA) is 37.3 Å². The SMILES string of the molecule is CC1(C)C(C)(C(=O)O)C1(C=C(Cl)C(F)(F)F)c1cccc2c1CCCc1ccsc1-2. The van der Waals surface area contributed by atoms with Crippen LogP contribution in [-0.2, 0) is 23.1 Å². The van der Waals surface area contributed by atoms with Crippen LogP contribution >= 0.6 is 22.9 Å². The second-order valence-corrected chi connectivity index (χ2v) is 10.1. The molecule has 2 aromatic rings. The van der Waals surface area contributed by atoms with Crippen molar-refractivity contribution in [3.05, 3.63) is 57.4 Å². The fourth-order valence-electron chi connectivity index (χ4n) is 5.51. The van der Waals surface area contributed by atoms with Crippen molar-refractivity contribution in [1.29, 1.82) is 0 Å². The molecule has 1 saturated carbocycles. The van der Waals surface area contributed by atoms with Crippen LogP contribution in [0.2, 0.25) is 0 Å². The minimum Gasteiger partial charge on any atom is -0.481 e. The highest BCUT2D eigenvalue weighted by Gasteiger charge is 2.84. The molecule has 1 heterocycles. The summed E-state index contributed by atoms with van der Waals surface area (Å²) in [7, 11) is 0. The molecule has 1 fully saturated rings. The molecule has 0 bridgehead atoms. The molecule has 1 aromatic carbocycles. The highest BCUT2D eigenvalue weighted by molar-refractivity contribution is 7.13. The van der Waals surface area contributed by atoms with Gasteiger partial charge in [0.25, 0.3) is 0 Å². The predicted molar refractivity (Wildman–Crippen MR) is 113 cm³/mol. The highest BCUT2D eigenvalue weighted by atomic mass is 35.5. The number of benzene rings is 1. The predicted octanol–water partition coefficient (Wildman–Crippen LogP) is 6.96. The molecule has 0 spiro atoms. The third-order valence-electron chi connectivity index (χ3n) is 7.47. The number of thiophene rings is 1. The molecule has 2 atom stereocenters. The first kappa shape index (κ1) is 21.4. The zero-order chi connectivity index (χ0) is 22.1. The molecule has 0 saturated heterocycles. The Bertz CT molecular complexity index is 1070. The molecule has 2 unspecified atom stereocenters. The van der Waals surface area contributed by atoms with Crippen LogP contribution in [0.15, 0.2) is 40.8 Å². The van der Waals surface area contributed by atoms with Gasteiger partial charge in [-0.05, 0) is 71.4 Å². The maximum absolute atomic E-state index is 13.4. The molecule has 0 aliphatic heterocycles. The Hall–Kier alpha value is -1.79. The first-order valence-electron chi connectivity index (χ1n) is 9.77. The lowest BCUT2D eigenvalue weighted by atomic mass is 9.80. The molecule has 30 heavy (non-hydrogen) atoms. The second kappa shape index (κ2) is 6.60. The molecule has 0 amide bonds. The number of aryl methyl sites for hydroxylation is 1. The van der Waals surface area contributed by atoms with E-state index in [1.54, 1.807) is 31.3 Å². The van der Waals surface area contributed by atoms with Crippen molar-refractivity contribution < 1.29 is 23.1 Å². The Morgan fingerprint density at radius 1 is 1.20 bits per heavy atom. The van der Waals surface area contributed by atoms with Gasteiger partial charge in [0.05, 0.1) is 5.41 Å². The van der Waals surface area contributed by atoms with E-state index >= 15 is 0 Å². The van der Waals surface area contributed by atoms with Crippen molar-refractivity contribution in [2.24, 2.45) is 10.8 Å². The van der Waals surface area contributed by atoms with Crippen LogP contribution in [-0.4, -0.2) is 17.3 Å². The fraction of sp³-hybridized carbons (Fsp3) is 0.435. The van der Waals surface area contributed by atoms with Crippen molar-refractivity contribution in [2.75, 3.05) is 0 Å². The van der Waals surface area contributed by atoms with Gasteiger partial charge in [0.15, 0.2) is 0 Å². The molecular formula is C23H22ClF3O2S. The number of allylic oxidation sites excluding steroid dienone is 2. The largest absolute Gasteiger partial charge is 0.481 e. The van der Waals surface area contributed by atoms with Crippen LogP contribution in [0.5, 0.6) is 0 Å². The van der Waals surface area contributed by atoms with Crippen LogP contribution < -0.4 is 0 Å². The third-order valence-corrected chi connectivity index (χ3v) is 8.78. The van der Waals surface area contributed by atoms with E-state index < -0.39 is 33.4 Å². The van der Waals surface area contributed by atoms with Crippen LogP contribution in [0, 0.1) is 10.8 Å². The Kier molecular flexibility index (Phi) is 4.72. The molecule has 2 aliphatic carbocycles. The van der Waals surface area contributed by atoms with E-state index in [0.29, 0.717) is 12.0 Å². The number of halogens is 4. The first-order chi connectivity index (χ1) is 13.9. The fourth-order valence-corrected chi connectivity index (χ4v) is 6.68. The average molecular weight is 455 g/mol. The van der Waals surface area contributed by atoms with Crippen molar-refractivity contribution in [2.45, 2.75) is 51.6 Å². The van der Waals surface area contributed by atoms with Crippen molar-refractivity contribution in [3.63, 3.8) is 0 Å². The van der Waals surface area contributed by atoms with Gasteiger partial charge < -0.3 is 5.11 Å². The minimum atomic E-state index is -4.74. The van der Waals surface area contributed by atoms with Crippen molar-refractivity contribution in [1.82, 2.24) is 0 Å². The van der Waals surface area contributed by atoms with E-state index in [4.69, 9.17) is 11.6 Å². The molecule has 4 rings (SSSR count). The van der Waals surface area contributed by atoms with Crippen LogP contribution in [0.3, 0.4) is 0 Å². The summed E-state index contributed by atoms with van der Waals surface area (Å²) in [5, 5.41) is 10.8. The zero-order valence-corrected chi connectivity index (χ0v) is 18.4. The third kappa shape index (κ3) is 2.59. The summed E-state index contributed by atoms with van der Waals surface area (Å²) < 4.78 is 40.3. The summed E-state index contributed by atoms with van der Waals surface area (Å²) in [6.45, 7) is 4.95. The second-order valence-electron chi connectivity index (χ2n) is 8.81. The van der Waals surface area contributed by atoms with Gasteiger partial charge >= 0.3 is 12.1 Å². The van der Waals surface area contributed by atoms with Crippen molar-refractivity contribution in [3.8, 4) is 10.4 Å². The smallest absolute Gasteiger partial charge is 0.426 e. The Balaban J connectivity index is 2.04. The van der Waals surface area contributed by atoms with E-state index in [9.17, 15) is 23.1 Å². The Labute approximate surface area is 182 Å². The molecule has 7 heteroatoms. The molecule has 2 nitrogen and oxygen atoms in total. The summed E-state index contributed by atoms with van der Waals surface area (Å²) >= 11 is 7.32. The maximum Gasteiger partial charge on any atom is 0.426 e. The lowest BCUT2D eigenvalue weighted by molar-refractivity contribution is -0.144. The summed E-state index contributed by atoms with van der Waals surface area (Å²) in [5.41, 5.74) is 0.0255. The highest BCUT2D eigenvalue weighted by Crippen LogP contribution is 2.80. The van der Waals surface area contributed by atoms with Gasteiger partial charge in [-0.1, -0.05) is 43.6 Å². The van der Waals surface area contributed by atoms with Gasteiger partial charge in [-0.3, -0.25) is 4.79 Å². The lowest BCUT2D eigenvalue weighted by Gasteiger charge is -2.24. The minimum absolute atomic E-state index is 0.638. The van der Waals surface area contributed by atoms with Gasteiger partial charge in [0, 0.05) is 10.3 Å². The Morgan fingerprint density at radius 3 is 2.50 bits per heavy atom. The van der Waals surface area contributed by atoms with Crippen molar-refractivity contribution >= 4 is 28.9 Å². The molecule has 0 radical (unpaired) electrons. The number of rotatable bonds is 3. The number of hydrogen-bond acceptors (Lipinski definition) is 2. The molecule has 1 N–H and O–H groups in total. The van der Waals surface area contributed by atoms with E-state index in [1.165, 1.54) is 12.5 Å². The van der Waals surface area contributed by atoms with Crippen LogP contribution in [0.25, 0.3) is 10.4 Å². The van der Waals surface area contributed by atoms with Gasteiger partial charge in [-0.15, -0.1) is 11.3 Å². The first-order valence-corrected chi connectivity index (χ1v) is 11.0. The lowest BCUT2D eigenvalue weighted by Crippen LogP contribution is -2.25. The summed E-state index contributed by atoms with van der Waals surface area (Å²) in [4.78, 5) is 13.5. The molecule has 2 aliphatic rings.